The molecular weight excluding hydrogens is 612 g/mol. The smallest absolute Gasteiger partial charge is 0.409 e. The van der Waals surface area contributed by atoms with Gasteiger partial charge < -0.3 is 39.9 Å². The number of carbonyl (C=O) groups is 6. The number of benzene rings is 1. The van der Waals surface area contributed by atoms with Crippen LogP contribution in [0.25, 0.3) is 10.9 Å². The monoisotopic (exact) mass is 654 g/mol. The lowest BCUT2D eigenvalue weighted by atomic mass is 10.1. The van der Waals surface area contributed by atoms with Crippen LogP contribution in [0.1, 0.15) is 56.1 Å². The number of likely N-dealkylation sites (tertiary alicyclic amines) is 1. The number of carbonyl (C=O) groups excluding carboxylic acids is 5. The summed E-state index contributed by atoms with van der Waals surface area (Å²) in [6.45, 7) is 8.14. The van der Waals surface area contributed by atoms with Crippen LogP contribution in [0.15, 0.2) is 24.3 Å². The second-order valence-corrected chi connectivity index (χ2v) is 11.9. The van der Waals surface area contributed by atoms with Crippen molar-refractivity contribution in [2.24, 2.45) is 0 Å². The second-order valence-electron chi connectivity index (χ2n) is 11.9. The number of pyridine rings is 1. The normalized spacial score (nSPS) is 17.0. The van der Waals surface area contributed by atoms with E-state index in [-0.39, 0.29) is 62.1 Å². The summed E-state index contributed by atoms with van der Waals surface area (Å²) < 4.78 is 10.9. The molecule has 1 aromatic carbocycles. The highest BCUT2D eigenvalue weighted by Gasteiger charge is 2.35. The number of aromatic nitrogens is 1. The van der Waals surface area contributed by atoms with Crippen LogP contribution in [-0.4, -0.2) is 125 Å². The SMILES string of the molecule is CCOC(=O)N1CCN(C(=O)C(CC(=O)O)NC(=O)c2cc(OCC(=O)N3CCCC3C(=O)NC(C)C)c3ccc(C)cc3n2)CC1. The summed E-state index contributed by atoms with van der Waals surface area (Å²) in [7, 11) is 0. The van der Waals surface area contributed by atoms with Gasteiger partial charge in [-0.25, -0.2) is 9.78 Å². The zero-order chi connectivity index (χ0) is 34.2. The highest BCUT2D eigenvalue weighted by Crippen LogP contribution is 2.27. The Kier molecular flexibility index (Phi) is 11.6. The first-order valence-electron chi connectivity index (χ1n) is 15.7. The number of rotatable bonds is 11. The Morgan fingerprint density at radius 3 is 2.36 bits per heavy atom. The van der Waals surface area contributed by atoms with Gasteiger partial charge in [0.15, 0.2) is 6.61 Å². The minimum absolute atomic E-state index is 0.0700. The third-order valence-electron chi connectivity index (χ3n) is 7.92. The number of fused-ring (bicyclic) bond motifs is 1. The van der Waals surface area contributed by atoms with Crippen LogP contribution < -0.4 is 15.4 Å². The molecule has 1 aromatic heterocycles. The summed E-state index contributed by atoms with van der Waals surface area (Å²) in [5.74, 6) is -3.12. The number of nitrogens with one attached hydrogen (secondary N) is 2. The number of hydrogen-bond donors (Lipinski definition) is 3. The molecule has 2 aliphatic heterocycles. The van der Waals surface area contributed by atoms with Gasteiger partial charge in [0.25, 0.3) is 11.8 Å². The lowest BCUT2D eigenvalue weighted by Gasteiger charge is -2.35. The van der Waals surface area contributed by atoms with Crippen molar-refractivity contribution in [1.29, 1.82) is 0 Å². The molecule has 0 spiro atoms. The molecule has 2 saturated heterocycles. The van der Waals surface area contributed by atoms with Gasteiger partial charge in [-0.15, -0.1) is 0 Å². The first-order chi connectivity index (χ1) is 22.4. The summed E-state index contributed by atoms with van der Waals surface area (Å²) in [5, 5.41) is 15.4. The molecule has 2 unspecified atom stereocenters. The molecule has 3 N–H and O–H groups in total. The van der Waals surface area contributed by atoms with E-state index in [1.54, 1.807) is 19.1 Å². The van der Waals surface area contributed by atoms with Gasteiger partial charge in [-0.1, -0.05) is 6.07 Å². The molecular formula is C32H42N6O9. The number of ether oxygens (including phenoxy) is 2. The van der Waals surface area contributed by atoms with Gasteiger partial charge in [-0.2, -0.15) is 0 Å². The summed E-state index contributed by atoms with van der Waals surface area (Å²) in [4.78, 5) is 85.2. The number of amides is 5. The Hall–Kier alpha value is -4.95. The van der Waals surface area contributed by atoms with E-state index in [9.17, 15) is 33.9 Å². The number of aryl methyl sites for hydroxylation is 1. The number of hydrogen-bond acceptors (Lipinski definition) is 9. The van der Waals surface area contributed by atoms with E-state index in [0.29, 0.717) is 30.3 Å². The van der Waals surface area contributed by atoms with E-state index in [1.165, 1.54) is 20.8 Å². The van der Waals surface area contributed by atoms with Crippen LogP contribution in [0, 0.1) is 6.92 Å². The molecule has 0 saturated carbocycles. The predicted molar refractivity (Wildman–Crippen MR) is 169 cm³/mol. The lowest BCUT2D eigenvalue weighted by molar-refractivity contribution is -0.143. The largest absolute Gasteiger partial charge is 0.483 e. The van der Waals surface area contributed by atoms with Crippen molar-refractivity contribution in [3.05, 3.63) is 35.5 Å². The fraction of sp³-hybridized carbons (Fsp3) is 0.531. The van der Waals surface area contributed by atoms with Gasteiger partial charge in [-0.3, -0.25) is 24.0 Å². The Bertz CT molecular complexity index is 1520. The maximum atomic E-state index is 13.5. The summed E-state index contributed by atoms with van der Waals surface area (Å²) in [6, 6.07) is 4.58. The topological polar surface area (TPSA) is 188 Å². The Morgan fingerprint density at radius 1 is 1.00 bits per heavy atom. The molecule has 2 aliphatic rings. The van der Waals surface area contributed by atoms with Crippen molar-refractivity contribution in [2.45, 2.75) is 65.1 Å². The lowest BCUT2D eigenvalue weighted by Crippen LogP contribution is -2.56. The number of aliphatic carboxylic acids is 1. The van der Waals surface area contributed by atoms with Gasteiger partial charge in [0.05, 0.1) is 18.5 Å². The number of piperazine rings is 1. The quantitative estimate of drug-likeness (QED) is 0.319. The van der Waals surface area contributed by atoms with E-state index in [0.717, 1.165) is 5.56 Å². The maximum absolute atomic E-state index is 13.5. The first-order valence-corrected chi connectivity index (χ1v) is 15.7. The maximum Gasteiger partial charge on any atom is 0.409 e. The van der Waals surface area contributed by atoms with Gasteiger partial charge in [-0.05, 0) is 58.2 Å². The van der Waals surface area contributed by atoms with E-state index in [2.05, 4.69) is 15.6 Å². The number of carboxylic acid groups (broad SMARTS) is 1. The van der Waals surface area contributed by atoms with Crippen molar-refractivity contribution >= 4 is 46.6 Å². The van der Waals surface area contributed by atoms with Gasteiger partial charge in [0, 0.05) is 50.2 Å². The Balaban J connectivity index is 1.50. The van der Waals surface area contributed by atoms with E-state index in [4.69, 9.17) is 9.47 Å². The van der Waals surface area contributed by atoms with Crippen molar-refractivity contribution in [3.8, 4) is 5.75 Å². The van der Waals surface area contributed by atoms with Crippen molar-refractivity contribution < 1.29 is 43.3 Å². The van der Waals surface area contributed by atoms with E-state index >= 15 is 0 Å². The molecule has 15 nitrogen and oxygen atoms in total. The average molecular weight is 655 g/mol. The van der Waals surface area contributed by atoms with Gasteiger partial charge >= 0.3 is 12.1 Å². The zero-order valence-corrected chi connectivity index (χ0v) is 27.1. The third-order valence-corrected chi connectivity index (χ3v) is 7.92. The number of nitrogens with zero attached hydrogens (tertiary/aromatic N) is 4. The second kappa shape index (κ2) is 15.6. The van der Waals surface area contributed by atoms with Crippen molar-refractivity contribution in [3.63, 3.8) is 0 Å². The van der Waals surface area contributed by atoms with E-state index in [1.807, 2.05) is 26.8 Å². The molecule has 15 heteroatoms. The average Bonchev–Trinajstić information content (AvgIpc) is 3.53. The molecule has 4 rings (SSSR count). The van der Waals surface area contributed by atoms with Crippen molar-refractivity contribution in [2.75, 3.05) is 45.9 Å². The minimum Gasteiger partial charge on any atom is -0.483 e. The van der Waals surface area contributed by atoms with Crippen LogP contribution in [-0.2, 0) is 23.9 Å². The van der Waals surface area contributed by atoms with Crippen LogP contribution in [0.4, 0.5) is 4.79 Å². The molecule has 0 aliphatic carbocycles. The van der Waals surface area contributed by atoms with Crippen LogP contribution in [0.3, 0.4) is 0 Å². The molecule has 2 fully saturated rings. The number of carboxylic acids is 1. The van der Waals surface area contributed by atoms with Crippen LogP contribution in [0.2, 0.25) is 0 Å². The van der Waals surface area contributed by atoms with Gasteiger partial charge in [0.2, 0.25) is 11.8 Å². The minimum atomic E-state index is -1.40. The van der Waals surface area contributed by atoms with E-state index < -0.39 is 49.0 Å². The highest BCUT2D eigenvalue weighted by atomic mass is 16.6. The highest BCUT2D eigenvalue weighted by molar-refractivity contribution is 6.00. The summed E-state index contributed by atoms with van der Waals surface area (Å²) >= 11 is 0. The fourth-order valence-corrected chi connectivity index (χ4v) is 5.63. The molecule has 3 heterocycles. The standard InChI is InChI=1S/C32H42N6O9/c1-5-46-32(45)37-13-11-36(12-14-37)31(44)24(17-28(40)41)35-29(42)23-16-26(21-9-8-20(4)15-22(21)34-23)47-18-27(39)38-10-6-7-25(38)30(43)33-19(2)3/h8-9,15-16,19,24-25H,5-7,10-14,17-18H2,1-4H3,(H,33,43)(H,35,42)(H,40,41). The Morgan fingerprint density at radius 2 is 1.70 bits per heavy atom. The third kappa shape index (κ3) is 8.86. The molecule has 2 aromatic rings. The molecule has 2 atom stereocenters. The molecule has 0 radical (unpaired) electrons. The predicted octanol–water partition coefficient (Wildman–Crippen LogP) is 1.31. The van der Waals surface area contributed by atoms with Crippen LogP contribution in [0.5, 0.6) is 5.75 Å². The van der Waals surface area contributed by atoms with Gasteiger partial charge in [0.1, 0.15) is 23.5 Å². The molecule has 47 heavy (non-hydrogen) atoms. The fourth-order valence-electron chi connectivity index (χ4n) is 5.63. The molecule has 5 amide bonds. The van der Waals surface area contributed by atoms with Crippen molar-refractivity contribution in [1.82, 2.24) is 30.3 Å². The Labute approximate surface area is 272 Å². The summed E-state index contributed by atoms with van der Waals surface area (Å²) in [5.41, 5.74) is 1.10. The van der Waals surface area contributed by atoms with Crippen LogP contribution >= 0.6 is 0 Å². The zero-order valence-electron chi connectivity index (χ0n) is 27.1. The molecule has 0 bridgehead atoms. The summed E-state index contributed by atoms with van der Waals surface area (Å²) in [6.07, 6.45) is 0.0585. The molecule has 254 valence electrons. The first kappa shape index (κ1) is 34.9.